The van der Waals surface area contributed by atoms with Crippen LogP contribution >= 0.6 is 22.6 Å². The Labute approximate surface area is 103 Å². The first-order valence-corrected chi connectivity index (χ1v) is 5.46. The molecular formula is C10H6F3IN2. The Morgan fingerprint density at radius 2 is 1.94 bits per heavy atom. The van der Waals surface area contributed by atoms with E-state index in [1.807, 2.05) is 0 Å². The highest BCUT2D eigenvalue weighted by Crippen LogP contribution is 2.34. The summed E-state index contributed by atoms with van der Waals surface area (Å²) < 4.78 is 39.1. The Morgan fingerprint density at radius 3 is 2.56 bits per heavy atom. The molecule has 0 saturated heterocycles. The van der Waals surface area contributed by atoms with Crippen LogP contribution in [0, 0.1) is 9.52 Å². The lowest BCUT2D eigenvalue weighted by molar-refractivity contribution is 0.146. The van der Waals surface area contributed by atoms with E-state index in [-0.39, 0.29) is 16.8 Å². The Kier molecular flexibility index (Phi) is 3.17. The fraction of sp³-hybridized carbons (Fsp3) is 0.100. The largest absolute Gasteiger partial charge is 0.280 e. The number of aromatic nitrogens is 2. The van der Waals surface area contributed by atoms with E-state index in [0.29, 0.717) is 3.70 Å². The molecule has 0 saturated carbocycles. The first-order chi connectivity index (χ1) is 7.61. The van der Waals surface area contributed by atoms with Gasteiger partial charge in [0.1, 0.15) is 15.2 Å². The number of alkyl halides is 2. The van der Waals surface area contributed by atoms with Crippen LogP contribution in [0.2, 0.25) is 0 Å². The Bertz CT molecular complexity index is 511. The number of nitrogens with one attached hydrogen (secondary N) is 1. The molecule has 1 aromatic carbocycles. The summed E-state index contributed by atoms with van der Waals surface area (Å²) in [4.78, 5) is 0. The van der Waals surface area contributed by atoms with E-state index in [1.54, 1.807) is 28.7 Å². The second kappa shape index (κ2) is 4.44. The van der Waals surface area contributed by atoms with Crippen molar-refractivity contribution in [2.24, 2.45) is 0 Å². The van der Waals surface area contributed by atoms with Crippen LogP contribution in [0.1, 0.15) is 12.1 Å². The summed E-state index contributed by atoms with van der Waals surface area (Å²) in [6, 6.07) is 5.78. The minimum Gasteiger partial charge on any atom is -0.275 e. The molecule has 6 heteroatoms. The molecule has 0 unspecified atom stereocenters. The van der Waals surface area contributed by atoms with E-state index in [0.717, 1.165) is 0 Å². The maximum atomic E-state index is 13.5. The smallest absolute Gasteiger partial charge is 0.275 e. The average molecular weight is 338 g/mol. The summed E-state index contributed by atoms with van der Waals surface area (Å²) >= 11 is 1.79. The predicted octanol–water partition coefficient (Wildman–Crippen LogP) is 3.76. The topological polar surface area (TPSA) is 28.7 Å². The summed E-state index contributed by atoms with van der Waals surface area (Å²) in [7, 11) is 0. The van der Waals surface area contributed by atoms with Gasteiger partial charge in [-0.1, -0.05) is 18.2 Å². The van der Waals surface area contributed by atoms with Crippen LogP contribution in [0.4, 0.5) is 13.2 Å². The van der Waals surface area contributed by atoms with Crippen LogP contribution in [0.3, 0.4) is 0 Å². The predicted molar refractivity (Wildman–Crippen MR) is 61.7 cm³/mol. The number of H-pyrrole nitrogens is 1. The lowest BCUT2D eigenvalue weighted by atomic mass is 10.1. The molecule has 1 heterocycles. The minimum absolute atomic E-state index is 0.133. The fourth-order valence-electron chi connectivity index (χ4n) is 1.41. The number of aromatic amines is 1. The van der Waals surface area contributed by atoms with E-state index >= 15 is 0 Å². The number of halogens is 4. The van der Waals surface area contributed by atoms with Gasteiger partial charge in [-0.05, 0) is 28.7 Å². The molecule has 2 nitrogen and oxygen atoms in total. The third-order valence-corrected chi connectivity index (χ3v) is 2.89. The van der Waals surface area contributed by atoms with Crippen molar-refractivity contribution in [2.75, 3.05) is 0 Å². The Morgan fingerprint density at radius 1 is 1.25 bits per heavy atom. The molecule has 0 aliphatic heterocycles. The van der Waals surface area contributed by atoms with Gasteiger partial charge in [-0.2, -0.15) is 5.10 Å². The van der Waals surface area contributed by atoms with Gasteiger partial charge in [0.05, 0.1) is 0 Å². The van der Waals surface area contributed by atoms with Gasteiger partial charge in [-0.3, -0.25) is 5.10 Å². The van der Waals surface area contributed by atoms with Crippen molar-refractivity contribution < 1.29 is 13.2 Å². The third kappa shape index (κ3) is 1.93. The average Bonchev–Trinajstić information content (AvgIpc) is 2.61. The molecule has 0 atom stereocenters. The molecule has 0 spiro atoms. The maximum Gasteiger partial charge on any atom is 0.280 e. The van der Waals surface area contributed by atoms with Crippen molar-refractivity contribution in [2.45, 2.75) is 6.43 Å². The molecule has 84 valence electrons. The van der Waals surface area contributed by atoms with Crippen molar-refractivity contribution in [3.05, 3.63) is 39.5 Å². The molecule has 0 fully saturated rings. The highest BCUT2D eigenvalue weighted by molar-refractivity contribution is 14.1. The SMILES string of the molecule is Fc1ccccc1-c1c(I)n[nH]c1C(F)F. The number of benzene rings is 1. The van der Waals surface area contributed by atoms with Gasteiger partial charge >= 0.3 is 0 Å². The molecule has 0 aliphatic carbocycles. The summed E-state index contributed by atoms with van der Waals surface area (Å²) in [5.74, 6) is -0.538. The molecule has 2 rings (SSSR count). The van der Waals surface area contributed by atoms with Crippen molar-refractivity contribution in [3.8, 4) is 11.1 Å². The van der Waals surface area contributed by atoms with Crippen LogP contribution in [-0.4, -0.2) is 10.2 Å². The number of nitrogens with zero attached hydrogens (tertiary/aromatic N) is 1. The maximum absolute atomic E-state index is 13.5. The van der Waals surface area contributed by atoms with E-state index in [9.17, 15) is 13.2 Å². The van der Waals surface area contributed by atoms with Crippen LogP contribution in [0.5, 0.6) is 0 Å². The van der Waals surface area contributed by atoms with Gasteiger partial charge in [0, 0.05) is 11.1 Å². The first kappa shape index (κ1) is 11.4. The highest BCUT2D eigenvalue weighted by atomic mass is 127. The number of hydrogen-bond donors (Lipinski definition) is 1. The van der Waals surface area contributed by atoms with Gasteiger partial charge in [0.15, 0.2) is 0 Å². The normalized spacial score (nSPS) is 11.1. The zero-order chi connectivity index (χ0) is 11.7. The fourth-order valence-corrected chi connectivity index (χ4v) is 2.11. The monoisotopic (exact) mass is 338 g/mol. The quantitative estimate of drug-likeness (QED) is 0.830. The zero-order valence-electron chi connectivity index (χ0n) is 7.85. The van der Waals surface area contributed by atoms with Gasteiger partial charge in [-0.25, -0.2) is 13.2 Å². The van der Waals surface area contributed by atoms with Gasteiger partial charge in [0.2, 0.25) is 0 Å². The van der Waals surface area contributed by atoms with E-state index in [1.165, 1.54) is 18.2 Å². The summed E-state index contributed by atoms with van der Waals surface area (Å²) in [5, 5.41) is 5.90. The minimum atomic E-state index is -2.70. The number of rotatable bonds is 2. The van der Waals surface area contributed by atoms with Crippen molar-refractivity contribution in [3.63, 3.8) is 0 Å². The Balaban J connectivity index is 2.64. The Hall–Kier alpha value is -1.05. The first-order valence-electron chi connectivity index (χ1n) is 4.38. The highest BCUT2D eigenvalue weighted by Gasteiger charge is 2.22. The second-order valence-electron chi connectivity index (χ2n) is 3.08. The molecule has 0 aliphatic rings. The molecule has 2 aromatic rings. The second-order valence-corrected chi connectivity index (χ2v) is 4.11. The van der Waals surface area contributed by atoms with Crippen LogP contribution in [0.25, 0.3) is 11.1 Å². The van der Waals surface area contributed by atoms with E-state index < -0.39 is 12.2 Å². The molecular weight excluding hydrogens is 332 g/mol. The van der Waals surface area contributed by atoms with Gasteiger partial charge in [0.25, 0.3) is 6.43 Å². The summed E-state index contributed by atoms with van der Waals surface area (Å²) in [5.41, 5.74) is -0.0841. The molecule has 1 aromatic heterocycles. The number of hydrogen-bond acceptors (Lipinski definition) is 1. The standard InChI is InChI=1S/C10H6F3IN2/c11-6-4-2-1-3-5(6)7-8(9(12)13)15-16-10(7)14/h1-4,9H,(H,15,16). The van der Waals surface area contributed by atoms with Crippen molar-refractivity contribution in [1.29, 1.82) is 0 Å². The van der Waals surface area contributed by atoms with E-state index in [4.69, 9.17) is 0 Å². The van der Waals surface area contributed by atoms with Crippen molar-refractivity contribution in [1.82, 2.24) is 10.2 Å². The molecule has 16 heavy (non-hydrogen) atoms. The van der Waals surface area contributed by atoms with Crippen LogP contribution in [-0.2, 0) is 0 Å². The van der Waals surface area contributed by atoms with Crippen LogP contribution in [0.15, 0.2) is 24.3 Å². The molecule has 0 radical (unpaired) electrons. The molecule has 0 bridgehead atoms. The third-order valence-electron chi connectivity index (χ3n) is 2.11. The van der Waals surface area contributed by atoms with Gasteiger partial charge in [-0.15, -0.1) is 0 Å². The zero-order valence-corrected chi connectivity index (χ0v) is 10.0. The molecule has 1 N–H and O–H groups in total. The van der Waals surface area contributed by atoms with Crippen molar-refractivity contribution >= 4 is 22.6 Å². The van der Waals surface area contributed by atoms with E-state index in [2.05, 4.69) is 10.2 Å². The summed E-state index contributed by atoms with van der Waals surface area (Å²) in [6.07, 6.45) is -2.70. The lowest BCUT2D eigenvalue weighted by Gasteiger charge is -2.04. The molecule has 0 amide bonds. The van der Waals surface area contributed by atoms with Gasteiger partial charge < -0.3 is 0 Å². The summed E-state index contributed by atoms with van der Waals surface area (Å²) in [6.45, 7) is 0. The lowest BCUT2D eigenvalue weighted by Crippen LogP contribution is -1.91. The van der Waals surface area contributed by atoms with Crippen LogP contribution < -0.4 is 0 Å².